The highest BCUT2D eigenvalue weighted by Crippen LogP contribution is 2.30. The Labute approximate surface area is 106 Å². The lowest BCUT2D eigenvalue weighted by Gasteiger charge is -2.24. The molecule has 2 aliphatic heterocycles. The van der Waals surface area contributed by atoms with Crippen LogP contribution in [0.15, 0.2) is 37.3 Å². The summed E-state index contributed by atoms with van der Waals surface area (Å²) in [7, 11) is 0. The molecule has 2 unspecified atom stereocenters. The van der Waals surface area contributed by atoms with Gasteiger partial charge in [0.05, 0.1) is 31.2 Å². The molecular formula is C13H16N4O. The van der Waals surface area contributed by atoms with E-state index in [1.165, 1.54) is 5.57 Å². The summed E-state index contributed by atoms with van der Waals surface area (Å²) < 4.78 is 0. The first-order valence-corrected chi connectivity index (χ1v) is 6.07. The first-order valence-electron chi connectivity index (χ1n) is 6.07. The van der Waals surface area contributed by atoms with Gasteiger partial charge in [0.25, 0.3) is 0 Å². The minimum absolute atomic E-state index is 0.246. The van der Waals surface area contributed by atoms with E-state index in [1.54, 1.807) is 18.5 Å². The van der Waals surface area contributed by atoms with Crippen molar-refractivity contribution in [2.24, 2.45) is 0 Å². The Balaban J connectivity index is 1.83. The van der Waals surface area contributed by atoms with Crippen LogP contribution in [0.1, 0.15) is 5.69 Å². The lowest BCUT2D eigenvalue weighted by molar-refractivity contribution is -0.151. The predicted octanol–water partition coefficient (Wildman–Crippen LogP) is 0.935. The van der Waals surface area contributed by atoms with Crippen molar-refractivity contribution in [2.45, 2.75) is 6.04 Å². The monoisotopic (exact) mass is 244 g/mol. The summed E-state index contributed by atoms with van der Waals surface area (Å²) in [5, 5.41) is 2.01. The molecule has 0 aliphatic carbocycles. The van der Waals surface area contributed by atoms with Crippen LogP contribution in [0.5, 0.6) is 0 Å². The Morgan fingerprint density at radius 1 is 1.50 bits per heavy atom. The van der Waals surface area contributed by atoms with E-state index in [2.05, 4.69) is 27.5 Å². The van der Waals surface area contributed by atoms with Gasteiger partial charge in [0.2, 0.25) is 0 Å². The van der Waals surface area contributed by atoms with Gasteiger partial charge in [-0.25, -0.2) is 0 Å². The lowest BCUT2D eigenvalue weighted by Crippen LogP contribution is -2.33. The summed E-state index contributed by atoms with van der Waals surface area (Å²) >= 11 is 0. The van der Waals surface area contributed by atoms with Gasteiger partial charge in [-0.05, 0) is 5.57 Å². The summed E-state index contributed by atoms with van der Waals surface area (Å²) in [5.74, 6) is 0. The third-order valence-electron chi connectivity index (χ3n) is 3.26. The first-order chi connectivity index (χ1) is 8.88. The fraction of sp³-hybridized carbons (Fsp3) is 0.385. The van der Waals surface area contributed by atoms with E-state index in [9.17, 15) is 0 Å². The van der Waals surface area contributed by atoms with E-state index in [0.29, 0.717) is 6.61 Å². The highest BCUT2D eigenvalue weighted by molar-refractivity contribution is 5.68. The van der Waals surface area contributed by atoms with Gasteiger partial charge in [-0.15, -0.1) is 6.58 Å². The van der Waals surface area contributed by atoms with Crippen LogP contribution in [0.25, 0.3) is 5.57 Å². The van der Waals surface area contributed by atoms with Crippen molar-refractivity contribution in [1.82, 2.24) is 19.9 Å². The number of hydrogen-bond acceptors (Lipinski definition) is 5. The van der Waals surface area contributed by atoms with Crippen LogP contribution in [-0.2, 0) is 4.84 Å². The fourth-order valence-corrected chi connectivity index (χ4v) is 2.44. The molecule has 2 bridgehead atoms. The van der Waals surface area contributed by atoms with E-state index in [0.717, 1.165) is 25.5 Å². The number of aromatic nitrogens is 2. The van der Waals surface area contributed by atoms with Gasteiger partial charge in [0, 0.05) is 25.5 Å². The van der Waals surface area contributed by atoms with Gasteiger partial charge in [-0.3, -0.25) is 19.7 Å². The van der Waals surface area contributed by atoms with E-state index in [1.807, 2.05) is 11.3 Å². The molecule has 2 atom stereocenters. The maximum atomic E-state index is 5.70. The zero-order chi connectivity index (χ0) is 12.4. The van der Waals surface area contributed by atoms with Gasteiger partial charge >= 0.3 is 0 Å². The zero-order valence-electron chi connectivity index (χ0n) is 10.2. The molecule has 0 N–H and O–H groups in total. The second kappa shape index (κ2) is 4.97. The van der Waals surface area contributed by atoms with Crippen LogP contribution >= 0.6 is 0 Å². The van der Waals surface area contributed by atoms with E-state index >= 15 is 0 Å². The van der Waals surface area contributed by atoms with E-state index in [4.69, 9.17) is 4.84 Å². The van der Waals surface area contributed by atoms with Crippen molar-refractivity contribution >= 4 is 5.57 Å². The summed E-state index contributed by atoms with van der Waals surface area (Å²) in [6.07, 6.45) is 9.22. The van der Waals surface area contributed by atoms with Gasteiger partial charge in [-0.2, -0.15) is 5.06 Å². The van der Waals surface area contributed by atoms with Crippen molar-refractivity contribution in [1.29, 1.82) is 0 Å². The molecule has 0 amide bonds. The fourth-order valence-electron chi connectivity index (χ4n) is 2.44. The van der Waals surface area contributed by atoms with Gasteiger partial charge < -0.3 is 0 Å². The summed E-state index contributed by atoms with van der Waals surface area (Å²) in [6, 6.07) is 0.246. The number of hydroxylamine groups is 2. The van der Waals surface area contributed by atoms with Crippen LogP contribution in [0.4, 0.5) is 0 Å². The Hall–Kier alpha value is -1.56. The van der Waals surface area contributed by atoms with Crippen LogP contribution in [-0.4, -0.2) is 52.3 Å². The third-order valence-corrected chi connectivity index (χ3v) is 3.26. The van der Waals surface area contributed by atoms with E-state index in [-0.39, 0.29) is 6.04 Å². The summed E-state index contributed by atoms with van der Waals surface area (Å²) in [6.45, 7) is 6.98. The first kappa shape index (κ1) is 11.5. The molecule has 3 heterocycles. The Morgan fingerprint density at radius 2 is 2.44 bits per heavy atom. The molecule has 18 heavy (non-hydrogen) atoms. The van der Waals surface area contributed by atoms with Gasteiger partial charge in [0.1, 0.15) is 0 Å². The zero-order valence-corrected chi connectivity index (χ0v) is 10.2. The maximum absolute atomic E-state index is 5.70. The minimum Gasteiger partial charge on any atom is -0.293 e. The highest BCUT2D eigenvalue weighted by atomic mass is 16.7. The summed E-state index contributed by atoms with van der Waals surface area (Å²) in [4.78, 5) is 16.6. The van der Waals surface area contributed by atoms with Crippen molar-refractivity contribution in [3.8, 4) is 0 Å². The molecule has 3 rings (SSSR count). The quantitative estimate of drug-likeness (QED) is 0.737. The Kier molecular flexibility index (Phi) is 3.19. The van der Waals surface area contributed by atoms with Crippen LogP contribution < -0.4 is 0 Å². The average Bonchev–Trinajstić information content (AvgIpc) is 2.74. The van der Waals surface area contributed by atoms with Crippen LogP contribution in [0.3, 0.4) is 0 Å². The van der Waals surface area contributed by atoms with Crippen LogP contribution in [0.2, 0.25) is 0 Å². The highest BCUT2D eigenvalue weighted by Gasteiger charge is 2.37. The number of hydrogen-bond donors (Lipinski definition) is 0. The van der Waals surface area contributed by atoms with Crippen molar-refractivity contribution in [2.75, 3.05) is 26.4 Å². The normalized spacial score (nSPS) is 27.0. The topological polar surface area (TPSA) is 41.5 Å². The predicted molar refractivity (Wildman–Crippen MR) is 68.2 cm³/mol. The molecule has 0 saturated carbocycles. The Morgan fingerprint density at radius 3 is 3.22 bits per heavy atom. The number of rotatable bonds is 4. The molecule has 0 radical (unpaired) electrons. The standard InChI is InChI=1S/C13H16N4O/c1-2-7-18-17-10-16-6-3-11(13(17)9-16)12-8-14-4-5-15-12/h2-5,8,13H,1,6-7,9-10H2. The smallest absolute Gasteiger partial charge is 0.0864 e. The molecule has 5 heteroatoms. The van der Waals surface area contributed by atoms with Crippen LogP contribution in [0, 0.1) is 0 Å². The minimum atomic E-state index is 0.246. The van der Waals surface area contributed by atoms with Crippen molar-refractivity contribution in [3.05, 3.63) is 43.0 Å². The number of fused-ring (bicyclic) bond motifs is 2. The molecule has 94 valence electrons. The largest absolute Gasteiger partial charge is 0.293 e. The molecule has 1 fully saturated rings. The molecular weight excluding hydrogens is 228 g/mol. The molecule has 5 nitrogen and oxygen atoms in total. The SMILES string of the molecule is C=CCON1CN2CC=C(c3cnccn3)C1C2. The van der Waals surface area contributed by atoms with Gasteiger partial charge in [-0.1, -0.05) is 12.2 Å². The Bertz CT molecular complexity index is 459. The third kappa shape index (κ3) is 2.08. The molecule has 0 aromatic carbocycles. The molecule has 2 aliphatic rings. The van der Waals surface area contributed by atoms with Crippen molar-refractivity contribution < 1.29 is 4.84 Å². The maximum Gasteiger partial charge on any atom is 0.0864 e. The molecule has 1 saturated heterocycles. The lowest BCUT2D eigenvalue weighted by atomic mass is 10.0. The van der Waals surface area contributed by atoms with E-state index < -0.39 is 0 Å². The van der Waals surface area contributed by atoms with Gasteiger partial charge in [0.15, 0.2) is 0 Å². The summed E-state index contributed by atoms with van der Waals surface area (Å²) in [5.41, 5.74) is 2.15. The molecule has 1 aromatic rings. The molecule has 1 aromatic heterocycles. The second-order valence-corrected chi connectivity index (χ2v) is 4.44. The number of nitrogens with zero attached hydrogens (tertiary/aromatic N) is 4. The second-order valence-electron chi connectivity index (χ2n) is 4.44. The van der Waals surface area contributed by atoms with Crippen molar-refractivity contribution in [3.63, 3.8) is 0 Å². The average molecular weight is 244 g/mol. The molecule has 0 spiro atoms.